The zero-order valence-electron chi connectivity index (χ0n) is 13.7. The van der Waals surface area contributed by atoms with Gasteiger partial charge in [-0.2, -0.15) is 0 Å². The van der Waals surface area contributed by atoms with Crippen molar-refractivity contribution in [2.45, 2.75) is 13.0 Å². The van der Waals surface area contributed by atoms with E-state index < -0.39 is 0 Å². The van der Waals surface area contributed by atoms with Crippen molar-refractivity contribution in [2.75, 3.05) is 20.6 Å². The number of halogens is 1. The highest BCUT2D eigenvalue weighted by molar-refractivity contribution is 6.31. The minimum absolute atomic E-state index is 0.638. The summed E-state index contributed by atoms with van der Waals surface area (Å²) in [6.45, 7) is 1.41. The van der Waals surface area contributed by atoms with E-state index >= 15 is 0 Å². The SMILES string of the molecule is CN=C(NCCc1c[nH]c2ccc(Cl)cc12)N(C)Cc1ccon1. The Bertz CT molecular complexity index is 825. The van der Waals surface area contributed by atoms with Crippen molar-refractivity contribution in [2.24, 2.45) is 4.99 Å². The van der Waals surface area contributed by atoms with Gasteiger partial charge in [0.2, 0.25) is 0 Å². The van der Waals surface area contributed by atoms with Gasteiger partial charge in [-0.25, -0.2) is 0 Å². The second kappa shape index (κ2) is 7.40. The molecule has 0 spiro atoms. The number of nitrogens with one attached hydrogen (secondary N) is 2. The fraction of sp³-hybridized carbons (Fsp3) is 0.294. The van der Waals surface area contributed by atoms with E-state index in [1.54, 1.807) is 13.3 Å². The number of hydrogen-bond donors (Lipinski definition) is 2. The Balaban J connectivity index is 1.58. The summed E-state index contributed by atoms with van der Waals surface area (Å²) in [7, 11) is 3.74. The zero-order valence-corrected chi connectivity index (χ0v) is 14.5. The summed E-state index contributed by atoms with van der Waals surface area (Å²) in [6, 6.07) is 7.73. The number of aromatic amines is 1. The average Bonchev–Trinajstić information content (AvgIpc) is 3.21. The van der Waals surface area contributed by atoms with Crippen molar-refractivity contribution in [3.8, 4) is 0 Å². The maximum atomic E-state index is 6.09. The van der Waals surface area contributed by atoms with Crippen LogP contribution in [-0.4, -0.2) is 41.6 Å². The van der Waals surface area contributed by atoms with E-state index in [9.17, 15) is 0 Å². The molecule has 0 saturated carbocycles. The normalized spacial score (nSPS) is 11.9. The number of H-pyrrole nitrogens is 1. The standard InChI is InChI=1S/C17H20ClN5O/c1-19-17(23(2)11-14-6-8-24-22-14)20-7-5-12-10-21-16-4-3-13(18)9-15(12)16/h3-4,6,8-10,21H,5,7,11H2,1-2H3,(H,19,20). The van der Waals surface area contributed by atoms with E-state index in [1.807, 2.05) is 42.4 Å². The van der Waals surface area contributed by atoms with Gasteiger partial charge in [-0.15, -0.1) is 0 Å². The predicted octanol–water partition coefficient (Wildman–Crippen LogP) is 3.06. The summed E-state index contributed by atoms with van der Waals surface area (Å²) in [5, 5.41) is 9.20. The van der Waals surface area contributed by atoms with Crippen LogP contribution in [-0.2, 0) is 13.0 Å². The summed E-state index contributed by atoms with van der Waals surface area (Å²) in [4.78, 5) is 9.59. The molecule has 1 aromatic carbocycles. The molecule has 6 nitrogen and oxygen atoms in total. The number of aromatic nitrogens is 2. The predicted molar refractivity (Wildman–Crippen MR) is 96.3 cm³/mol. The fourth-order valence-electron chi connectivity index (χ4n) is 2.69. The third-order valence-corrected chi connectivity index (χ3v) is 4.11. The number of nitrogens with zero attached hydrogens (tertiary/aromatic N) is 3. The van der Waals surface area contributed by atoms with Crippen LogP contribution in [0.3, 0.4) is 0 Å². The first kappa shape index (κ1) is 16.4. The van der Waals surface area contributed by atoms with Crippen LogP contribution in [0.1, 0.15) is 11.3 Å². The highest BCUT2D eigenvalue weighted by Gasteiger charge is 2.09. The molecule has 0 fully saturated rings. The van der Waals surface area contributed by atoms with Gasteiger partial charge in [-0.3, -0.25) is 4.99 Å². The molecule has 0 radical (unpaired) electrons. The molecular formula is C17H20ClN5O. The molecule has 126 valence electrons. The van der Waals surface area contributed by atoms with Crippen LogP contribution < -0.4 is 5.32 Å². The number of guanidine groups is 1. The van der Waals surface area contributed by atoms with Crippen LogP contribution in [0.2, 0.25) is 5.02 Å². The Kier molecular flexibility index (Phi) is 5.05. The first-order chi connectivity index (χ1) is 11.7. The van der Waals surface area contributed by atoms with Gasteiger partial charge >= 0.3 is 0 Å². The van der Waals surface area contributed by atoms with E-state index in [0.29, 0.717) is 6.54 Å². The molecule has 2 N–H and O–H groups in total. The average molecular weight is 346 g/mol. The molecule has 2 heterocycles. The minimum atomic E-state index is 0.638. The molecule has 0 aliphatic rings. The molecule has 24 heavy (non-hydrogen) atoms. The Morgan fingerprint density at radius 2 is 2.29 bits per heavy atom. The van der Waals surface area contributed by atoms with E-state index in [-0.39, 0.29) is 0 Å². The minimum Gasteiger partial charge on any atom is -0.364 e. The molecule has 0 unspecified atom stereocenters. The summed E-state index contributed by atoms with van der Waals surface area (Å²) < 4.78 is 4.86. The highest BCUT2D eigenvalue weighted by Crippen LogP contribution is 2.22. The van der Waals surface area contributed by atoms with Crippen LogP contribution in [0.5, 0.6) is 0 Å². The number of aliphatic imine (C=N–C) groups is 1. The summed E-state index contributed by atoms with van der Waals surface area (Å²) in [6.07, 6.45) is 4.48. The van der Waals surface area contributed by atoms with Crippen molar-refractivity contribution in [1.82, 2.24) is 20.4 Å². The lowest BCUT2D eigenvalue weighted by atomic mass is 10.1. The maximum Gasteiger partial charge on any atom is 0.193 e. The van der Waals surface area contributed by atoms with E-state index in [4.69, 9.17) is 16.1 Å². The van der Waals surface area contributed by atoms with E-state index in [0.717, 1.165) is 40.5 Å². The molecule has 3 rings (SSSR count). The van der Waals surface area contributed by atoms with Crippen LogP contribution in [0, 0.1) is 0 Å². The number of benzene rings is 1. The van der Waals surface area contributed by atoms with Gasteiger partial charge in [0.05, 0.1) is 6.54 Å². The smallest absolute Gasteiger partial charge is 0.193 e. The van der Waals surface area contributed by atoms with Crippen LogP contribution in [0.25, 0.3) is 10.9 Å². The summed E-state index contributed by atoms with van der Waals surface area (Å²) >= 11 is 6.09. The Morgan fingerprint density at radius 3 is 3.04 bits per heavy atom. The number of hydrogen-bond acceptors (Lipinski definition) is 3. The van der Waals surface area contributed by atoms with Crippen LogP contribution >= 0.6 is 11.6 Å². The molecule has 0 bridgehead atoms. The lowest BCUT2D eigenvalue weighted by Crippen LogP contribution is -2.39. The van der Waals surface area contributed by atoms with Crippen molar-refractivity contribution < 1.29 is 4.52 Å². The van der Waals surface area contributed by atoms with Gasteiger partial charge in [0.1, 0.15) is 12.0 Å². The topological polar surface area (TPSA) is 69.5 Å². The molecule has 0 atom stereocenters. The van der Waals surface area contributed by atoms with E-state index in [2.05, 4.69) is 20.4 Å². The molecular weight excluding hydrogens is 326 g/mol. The van der Waals surface area contributed by atoms with Crippen molar-refractivity contribution in [1.29, 1.82) is 0 Å². The molecule has 0 saturated heterocycles. The quantitative estimate of drug-likeness (QED) is 0.551. The Morgan fingerprint density at radius 1 is 1.42 bits per heavy atom. The van der Waals surface area contributed by atoms with Gasteiger partial charge in [0.15, 0.2) is 5.96 Å². The van der Waals surface area contributed by atoms with Gasteiger partial charge < -0.3 is 19.7 Å². The third-order valence-electron chi connectivity index (χ3n) is 3.87. The van der Waals surface area contributed by atoms with Crippen molar-refractivity contribution in [3.05, 3.63) is 53.0 Å². The first-order valence-corrected chi connectivity index (χ1v) is 8.11. The summed E-state index contributed by atoms with van der Waals surface area (Å²) in [5.74, 6) is 0.816. The molecule has 0 aliphatic carbocycles. The second-order valence-corrected chi connectivity index (χ2v) is 6.01. The molecule has 3 aromatic rings. The van der Waals surface area contributed by atoms with Crippen molar-refractivity contribution in [3.63, 3.8) is 0 Å². The molecule has 0 aliphatic heterocycles. The second-order valence-electron chi connectivity index (χ2n) is 5.57. The van der Waals surface area contributed by atoms with E-state index in [1.165, 1.54) is 5.56 Å². The van der Waals surface area contributed by atoms with Gasteiger partial charge in [-0.1, -0.05) is 16.8 Å². The van der Waals surface area contributed by atoms with Gasteiger partial charge in [0.25, 0.3) is 0 Å². The Hall–Kier alpha value is -2.47. The number of rotatable bonds is 5. The molecule has 2 aromatic heterocycles. The highest BCUT2D eigenvalue weighted by atomic mass is 35.5. The fourth-order valence-corrected chi connectivity index (χ4v) is 2.86. The van der Waals surface area contributed by atoms with Crippen molar-refractivity contribution >= 4 is 28.5 Å². The van der Waals surface area contributed by atoms with Crippen LogP contribution in [0.4, 0.5) is 0 Å². The monoisotopic (exact) mass is 345 g/mol. The Labute approximate surface area is 145 Å². The number of fused-ring (bicyclic) bond motifs is 1. The third kappa shape index (κ3) is 3.71. The maximum absolute atomic E-state index is 6.09. The van der Waals surface area contributed by atoms with Gasteiger partial charge in [-0.05, 0) is 30.2 Å². The summed E-state index contributed by atoms with van der Waals surface area (Å²) in [5.41, 5.74) is 3.20. The molecule has 7 heteroatoms. The first-order valence-electron chi connectivity index (χ1n) is 7.74. The largest absolute Gasteiger partial charge is 0.364 e. The van der Waals surface area contributed by atoms with Gasteiger partial charge in [0, 0.05) is 48.8 Å². The molecule has 0 amide bonds. The van der Waals surface area contributed by atoms with Crippen LogP contribution in [0.15, 0.2) is 46.2 Å². The lowest BCUT2D eigenvalue weighted by molar-refractivity contribution is 0.391. The lowest BCUT2D eigenvalue weighted by Gasteiger charge is -2.20. The zero-order chi connectivity index (χ0) is 16.9.